The van der Waals surface area contributed by atoms with Crippen molar-refractivity contribution >= 4 is 21.6 Å². The van der Waals surface area contributed by atoms with Gasteiger partial charge in [0.05, 0.1) is 11.3 Å². The third-order valence-corrected chi connectivity index (χ3v) is 3.16. The van der Waals surface area contributed by atoms with Crippen LogP contribution in [0.5, 0.6) is 5.75 Å². The molecular formula is C11H16ClNO3S. The first-order chi connectivity index (χ1) is 7.92. The molecule has 1 atom stereocenters. The van der Waals surface area contributed by atoms with Crippen molar-refractivity contribution in [2.45, 2.75) is 19.4 Å². The number of sulfonamides is 1. The first-order valence-electron chi connectivity index (χ1n) is 5.28. The molecule has 1 rings (SSSR count). The van der Waals surface area contributed by atoms with Gasteiger partial charge in [-0.2, -0.15) is 0 Å². The number of hydrogen-bond donors (Lipinski definition) is 1. The lowest BCUT2D eigenvalue weighted by atomic mass is 10.2. The van der Waals surface area contributed by atoms with Gasteiger partial charge in [0, 0.05) is 6.54 Å². The first-order valence-corrected chi connectivity index (χ1v) is 7.55. The summed E-state index contributed by atoms with van der Waals surface area (Å²) in [6, 6.07) is 7.11. The standard InChI is InChI=1S/C11H16ClNO3S/c1-3-9(8-13-17(2,14)15)16-11-7-5-4-6-10(11)12/h4-7,9,13H,3,8H2,1-2H3. The predicted octanol–water partition coefficient (Wildman–Crippen LogP) is 2.05. The Morgan fingerprint density at radius 1 is 1.41 bits per heavy atom. The van der Waals surface area contributed by atoms with E-state index >= 15 is 0 Å². The molecule has 6 heteroatoms. The van der Waals surface area contributed by atoms with Crippen molar-refractivity contribution in [3.63, 3.8) is 0 Å². The Morgan fingerprint density at radius 2 is 2.06 bits per heavy atom. The largest absolute Gasteiger partial charge is 0.488 e. The van der Waals surface area contributed by atoms with Crippen molar-refractivity contribution in [1.82, 2.24) is 4.72 Å². The van der Waals surface area contributed by atoms with Gasteiger partial charge in [0.15, 0.2) is 0 Å². The molecule has 1 N–H and O–H groups in total. The number of rotatable bonds is 6. The smallest absolute Gasteiger partial charge is 0.208 e. The number of halogens is 1. The van der Waals surface area contributed by atoms with E-state index < -0.39 is 10.0 Å². The second-order valence-corrected chi connectivity index (χ2v) is 5.94. The number of nitrogens with one attached hydrogen (secondary N) is 1. The maximum absolute atomic E-state index is 11.0. The number of benzene rings is 1. The van der Waals surface area contributed by atoms with Gasteiger partial charge >= 0.3 is 0 Å². The maximum Gasteiger partial charge on any atom is 0.208 e. The molecule has 96 valence electrons. The molecule has 0 radical (unpaired) electrons. The normalized spacial score (nSPS) is 13.4. The van der Waals surface area contributed by atoms with Gasteiger partial charge in [-0.1, -0.05) is 30.7 Å². The second kappa shape index (κ2) is 6.23. The van der Waals surface area contributed by atoms with Crippen LogP contribution in [0.3, 0.4) is 0 Å². The van der Waals surface area contributed by atoms with Gasteiger partial charge in [-0.05, 0) is 18.6 Å². The van der Waals surface area contributed by atoms with E-state index in [1.54, 1.807) is 12.1 Å². The van der Waals surface area contributed by atoms with Gasteiger partial charge in [-0.15, -0.1) is 0 Å². The van der Waals surface area contributed by atoms with Crippen LogP contribution in [0.4, 0.5) is 0 Å². The lowest BCUT2D eigenvalue weighted by Gasteiger charge is -2.18. The van der Waals surface area contributed by atoms with Crippen LogP contribution in [0.15, 0.2) is 24.3 Å². The predicted molar refractivity (Wildman–Crippen MR) is 69.0 cm³/mol. The Labute approximate surface area is 107 Å². The fourth-order valence-corrected chi connectivity index (χ4v) is 1.90. The van der Waals surface area contributed by atoms with Crippen LogP contribution in [-0.4, -0.2) is 27.3 Å². The highest BCUT2D eigenvalue weighted by molar-refractivity contribution is 7.88. The fourth-order valence-electron chi connectivity index (χ4n) is 1.23. The molecule has 0 aromatic heterocycles. The molecular weight excluding hydrogens is 262 g/mol. The molecule has 1 aromatic carbocycles. The molecule has 0 saturated heterocycles. The SMILES string of the molecule is CCC(CNS(C)(=O)=O)Oc1ccccc1Cl. The van der Waals surface area contributed by atoms with Crippen LogP contribution in [0.2, 0.25) is 5.02 Å². The fraction of sp³-hybridized carbons (Fsp3) is 0.455. The van der Waals surface area contributed by atoms with Crippen molar-refractivity contribution < 1.29 is 13.2 Å². The highest BCUT2D eigenvalue weighted by Crippen LogP contribution is 2.24. The average molecular weight is 278 g/mol. The third-order valence-electron chi connectivity index (χ3n) is 2.16. The number of ether oxygens (including phenoxy) is 1. The molecule has 0 amide bonds. The third kappa shape index (κ3) is 5.39. The van der Waals surface area contributed by atoms with E-state index in [0.29, 0.717) is 17.2 Å². The zero-order chi connectivity index (χ0) is 12.9. The molecule has 0 saturated carbocycles. The summed E-state index contributed by atoms with van der Waals surface area (Å²) < 4.78 is 30.0. The van der Waals surface area contributed by atoms with E-state index in [4.69, 9.17) is 16.3 Å². The molecule has 0 aliphatic carbocycles. The van der Waals surface area contributed by atoms with Gasteiger partial charge in [0.25, 0.3) is 0 Å². The van der Waals surface area contributed by atoms with Crippen molar-refractivity contribution in [2.24, 2.45) is 0 Å². The molecule has 17 heavy (non-hydrogen) atoms. The van der Waals surface area contributed by atoms with Gasteiger partial charge < -0.3 is 4.74 Å². The number of hydrogen-bond acceptors (Lipinski definition) is 3. The Balaban J connectivity index is 2.61. The summed E-state index contributed by atoms with van der Waals surface area (Å²) in [5.41, 5.74) is 0. The quantitative estimate of drug-likeness (QED) is 0.866. The highest BCUT2D eigenvalue weighted by Gasteiger charge is 2.12. The first kappa shape index (κ1) is 14.3. The summed E-state index contributed by atoms with van der Waals surface area (Å²) in [5, 5.41) is 0.519. The minimum atomic E-state index is -3.19. The van der Waals surface area contributed by atoms with E-state index in [-0.39, 0.29) is 12.6 Å². The summed E-state index contributed by atoms with van der Waals surface area (Å²) in [5.74, 6) is 0.566. The Hall–Kier alpha value is -0.780. The van der Waals surface area contributed by atoms with Crippen LogP contribution in [0.25, 0.3) is 0 Å². The van der Waals surface area contributed by atoms with Crippen molar-refractivity contribution in [2.75, 3.05) is 12.8 Å². The van der Waals surface area contributed by atoms with Crippen LogP contribution in [-0.2, 0) is 10.0 Å². The van der Waals surface area contributed by atoms with Gasteiger partial charge in [0.1, 0.15) is 11.9 Å². The second-order valence-electron chi connectivity index (χ2n) is 3.70. The molecule has 0 bridgehead atoms. The Morgan fingerprint density at radius 3 is 2.59 bits per heavy atom. The summed E-state index contributed by atoms with van der Waals surface area (Å²) >= 11 is 5.95. The zero-order valence-electron chi connectivity index (χ0n) is 9.81. The van der Waals surface area contributed by atoms with Crippen LogP contribution >= 0.6 is 11.6 Å². The topological polar surface area (TPSA) is 55.4 Å². The molecule has 0 fully saturated rings. The minimum Gasteiger partial charge on any atom is -0.488 e. The van der Waals surface area contributed by atoms with Gasteiger partial charge in [-0.3, -0.25) is 0 Å². The van der Waals surface area contributed by atoms with Crippen molar-refractivity contribution in [3.05, 3.63) is 29.3 Å². The minimum absolute atomic E-state index is 0.232. The number of para-hydroxylation sites is 1. The summed E-state index contributed by atoms with van der Waals surface area (Å²) in [6.45, 7) is 2.16. The van der Waals surface area contributed by atoms with E-state index in [1.807, 2.05) is 19.1 Å². The molecule has 1 unspecified atom stereocenters. The Bertz CT molecular complexity index is 462. The van der Waals surface area contributed by atoms with Crippen molar-refractivity contribution in [1.29, 1.82) is 0 Å². The van der Waals surface area contributed by atoms with E-state index in [0.717, 1.165) is 6.26 Å². The van der Waals surface area contributed by atoms with Crippen LogP contribution < -0.4 is 9.46 Å². The molecule has 0 aliphatic heterocycles. The van der Waals surface area contributed by atoms with Crippen LogP contribution in [0, 0.1) is 0 Å². The lowest BCUT2D eigenvalue weighted by Crippen LogP contribution is -2.34. The van der Waals surface area contributed by atoms with Gasteiger partial charge in [-0.25, -0.2) is 13.1 Å². The van der Waals surface area contributed by atoms with E-state index in [2.05, 4.69) is 4.72 Å². The molecule has 1 aromatic rings. The van der Waals surface area contributed by atoms with E-state index in [9.17, 15) is 8.42 Å². The Kier molecular flexibility index (Phi) is 5.24. The summed E-state index contributed by atoms with van der Waals surface area (Å²) in [6.07, 6.45) is 1.58. The van der Waals surface area contributed by atoms with Crippen molar-refractivity contribution in [3.8, 4) is 5.75 Å². The molecule has 0 heterocycles. The lowest BCUT2D eigenvalue weighted by molar-refractivity contribution is 0.201. The average Bonchev–Trinajstić information content (AvgIpc) is 2.25. The summed E-state index contributed by atoms with van der Waals surface area (Å²) in [7, 11) is -3.19. The maximum atomic E-state index is 11.0. The molecule has 4 nitrogen and oxygen atoms in total. The summed E-state index contributed by atoms with van der Waals surface area (Å²) in [4.78, 5) is 0. The molecule has 0 aliphatic rings. The zero-order valence-corrected chi connectivity index (χ0v) is 11.4. The van der Waals surface area contributed by atoms with Gasteiger partial charge in [0.2, 0.25) is 10.0 Å². The van der Waals surface area contributed by atoms with Crippen LogP contribution in [0.1, 0.15) is 13.3 Å². The van der Waals surface area contributed by atoms with E-state index in [1.165, 1.54) is 0 Å². The highest BCUT2D eigenvalue weighted by atomic mass is 35.5. The monoisotopic (exact) mass is 277 g/mol. The molecule has 0 spiro atoms.